The van der Waals surface area contributed by atoms with Gasteiger partial charge in [-0.05, 0) is 40.0 Å². The van der Waals surface area contributed by atoms with Crippen molar-refractivity contribution in [3.63, 3.8) is 0 Å². The smallest absolute Gasteiger partial charge is 0.221 e. The Labute approximate surface area is 187 Å². The number of hydrogen-bond donors (Lipinski definition) is 0. The summed E-state index contributed by atoms with van der Waals surface area (Å²) in [6.07, 6.45) is 9.99. The molecule has 5 rings (SSSR count). The van der Waals surface area contributed by atoms with Crippen molar-refractivity contribution in [1.29, 1.82) is 0 Å². The molecule has 0 aromatic carbocycles. The third-order valence-electron chi connectivity index (χ3n) is 5.81. The maximum Gasteiger partial charge on any atom is 0.221 e. The van der Waals surface area contributed by atoms with Gasteiger partial charge in [0.05, 0.1) is 40.1 Å². The topological polar surface area (TPSA) is 78.3 Å². The number of aryl methyl sites for hydroxylation is 4. The molecule has 0 unspecified atom stereocenters. The van der Waals surface area contributed by atoms with E-state index in [0.717, 1.165) is 64.2 Å². The molecule has 5 heterocycles. The van der Waals surface area contributed by atoms with E-state index in [4.69, 9.17) is 9.72 Å². The monoisotopic (exact) mass is 432 g/mol. The maximum absolute atomic E-state index is 6.43. The van der Waals surface area contributed by atoms with E-state index in [2.05, 4.69) is 44.5 Å². The summed E-state index contributed by atoms with van der Waals surface area (Å²) in [6.45, 7) is 7.54. The summed E-state index contributed by atoms with van der Waals surface area (Å²) in [5.74, 6) is 1.56. The van der Waals surface area contributed by atoms with Crippen LogP contribution in [-0.2, 0) is 20.6 Å². The van der Waals surface area contributed by atoms with E-state index >= 15 is 0 Å². The number of rotatable bonds is 0. The number of nitrogens with zero attached hydrogens (tertiary/aromatic N) is 8. The molecule has 0 saturated heterocycles. The number of aromatic nitrogens is 7. The highest BCUT2D eigenvalue weighted by atomic mass is 16.5. The summed E-state index contributed by atoms with van der Waals surface area (Å²) in [6, 6.07) is 0. The molecular weight excluding hydrogens is 404 g/mol. The fraction of sp³-hybridized carbons (Fsp3) is 0.391. The van der Waals surface area contributed by atoms with Gasteiger partial charge in [-0.25, -0.2) is 14.6 Å². The Morgan fingerprint density at radius 1 is 1.03 bits per heavy atom. The minimum Gasteiger partial charge on any atom is -0.473 e. The van der Waals surface area contributed by atoms with Crippen LogP contribution in [0.4, 0.5) is 0 Å². The van der Waals surface area contributed by atoms with Crippen molar-refractivity contribution in [1.82, 2.24) is 38.8 Å². The standard InChI is InChI=1S/C23H28N8O/c1-14-10-28(4)12-18-17(11-29(5)27-18)7-8-21-24-9-20-15(2)25-19(13-31(20)21)22-16(3)26-30(6)23(22)32-14/h7-9,11,13-14H,10,12H2,1-6H3/b8-7+/t14-/m0/s1. The Morgan fingerprint density at radius 3 is 2.66 bits per heavy atom. The van der Waals surface area contributed by atoms with Crippen LogP contribution in [-0.4, -0.2) is 58.5 Å². The van der Waals surface area contributed by atoms with Gasteiger partial charge in [-0.1, -0.05) is 0 Å². The van der Waals surface area contributed by atoms with Crippen molar-refractivity contribution >= 4 is 17.7 Å². The van der Waals surface area contributed by atoms with E-state index in [1.807, 2.05) is 57.3 Å². The highest BCUT2D eigenvalue weighted by Gasteiger charge is 2.23. The van der Waals surface area contributed by atoms with Crippen LogP contribution in [0.25, 0.3) is 28.9 Å². The van der Waals surface area contributed by atoms with Gasteiger partial charge in [-0.2, -0.15) is 10.2 Å². The van der Waals surface area contributed by atoms with Crippen LogP contribution in [0, 0.1) is 13.8 Å². The second kappa shape index (κ2) is 7.59. The second-order valence-corrected chi connectivity index (χ2v) is 8.64. The van der Waals surface area contributed by atoms with Gasteiger partial charge in [-0.3, -0.25) is 14.0 Å². The predicted octanol–water partition coefficient (Wildman–Crippen LogP) is 2.86. The van der Waals surface area contributed by atoms with Gasteiger partial charge in [0.25, 0.3) is 0 Å². The molecule has 1 atom stereocenters. The fourth-order valence-electron chi connectivity index (χ4n) is 4.44. The van der Waals surface area contributed by atoms with Gasteiger partial charge in [-0.15, -0.1) is 0 Å². The quantitative estimate of drug-likeness (QED) is 0.425. The Balaban J connectivity index is 1.73. The Morgan fingerprint density at radius 2 is 1.84 bits per heavy atom. The first kappa shape index (κ1) is 20.4. The Bertz CT molecular complexity index is 1340. The molecule has 32 heavy (non-hydrogen) atoms. The molecule has 0 fully saturated rings. The molecule has 0 N–H and O–H groups in total. The summed E-state index contributed by atoms with van der Waals surface area (Å²) in [4.78, 5) is 11.7. The van der Waals surface area contributed by atoms with E-state index in [9.17, 15) is 0 Å². The van der Waals surface area contributed by atoms with Crippen LogP contribution >= 0.6 is 0 Å². The first-order valence-corrected chi connectivity index (χ1v) is 10.7. The molecule has 9 nitrogen and oxygen atoms in total. The lowest BCUT2D eigenvalue weighted by Gasteiger charge is -2.22. The highest BCUT2D eigenvalue weighted by molar-refractivity contribution is 5.73. The number of ether oxygens (including phenoxy) is 1. The molecule has 0 radical (unpaired) electrons. The van der Waals surface area contributed by atoms with Crippen LogP contribution in [0.2, 0.25) is 0 Å². The molecule has 4 aromatic heterocycles. The number of imidazole rings is 1. The van der Waals surface area contributed by atoms with Crippen molar-refractivity contribution in [3.05, 3.63) is 47.1 Å². The SMILES string of the molecule is Cc1nn(C)c2c1-c1cn3c(ncc3c(C)n1)/C=C/c1cn(C)nc1CN(C)C[C@H](C)O2. The summed E-state index contributed by atoms with van der Waals surface area (Å²) in [5, 5.41) is 9.30. The molecule has 0 aliphatic carbocycles. The zero-order valence-electron chi connectivity index (χ0n) is 19.4. The Kier molecular flexibility index (Phi) is 4.85. The lowest BCUT2D eigenvalue weighted by atomic mass is 10.2. The number of likely N-dealkylation sites (N-methyl/N-ethyl adjacent to an activating group) is 1. The summed E-state index contributed by atoms with van der Waals surface area (Å²) >= 11 is 0. The summed E-state index contributed by atoms with van der Waals surface area (Å²) in [5.41, 5.74) is 6.59. The van der Waals surface area contributed by atoms with Crippen molar-refractivity contribution < 1.29 is 4.74 Å². The van der Waals surface area contributed by atoms with Crippen molar-refractivity contribution in [2.45, 2.75) is 33.4 Å². The zero-order valence-corrected chi connectivity index (χ0v) is 19.4. The molecule has 1 aliphatic rings. The summed E-state index contributed by atoms with van der Waals surface area (Å²) < 4.78 is 12.2. The maximum atomic E-state index is 6.43. The van der Waals surface area contributed by atoms with E-state index in [1.54, 1.807) is 4.68 Å². The van der Waals surface area contributed by atoms with Crippen LogP contribution in [0.1, 0.15) is 35.4 Å². The molecular formula is C23H28N8O. The summed E-state index contributed by atoms with van der Waals surface area (Å²) in [7, 11) is 5.94. The van der Waals surface area contributed by atoms with Gasteiger partial charge in [0.2, 0.25) is 5.88 Å². The van der Waals surface area contributed by atoms with Gasteiger partial charge < -0.3 is 4.74 Å². The van der Waals surface area contributed by atoms with E-state index in [0.29, 0.717) is 0 Å². The van der Waals surface area contributed by atoms with Crippen LogP contribution in [0.15, 0.2) is 18.6 Å². The van der Waals surface area contributed by atoms with Crippen LogP contribution in [0.3, 0.4) is 0 Å². The third-order valence-corrected chi connectivity index (χ3v) is 5.81. The molecule has 0 amide bonds. The van der Waals surface area contributed by atoms with Gasteiger partial charge in [0.15, 0.2) is 0 Å². The third kappa shape index (κ3) is 3.48. The first-order chi connectivity index (χ1) is 15.3. The first-order valence-electron chi connectivity index (χ1n) is 10.7. The van der Waals surface area contributed by atoms with E-state index < -0.39 is 0 Å². The van der Waals surface area contributed by atoms with Gasteiger partial charge >= 0.3 is 0 Å². The molecule has 9 heteroatoms. The minimum absolute atomic E-state index is 0.0463. The highest BCUT2D eigenvalue weighted by Crippen LogP contribution is 2.33. The van der Waals surface area contributed by atoms with Crippen molar-refractivity contribution in [3.8, 4) is 17.1 Å². The largest absolute Gasteiger partial charge is 0.473 e. The molecule has 2 bridgehead atoms. The zero-order chi connectivity index (χ0) is 22.6. The van der Waals surface area contributed by atoms with Crippen LogP contribution in [0.5, 0.6) is 5.88 Å². The van der Waals surface area contributed by atoms with Crippen LogP contribution < -0.4 is 4.74 Å². The average molecular weight is 433 g/mol. The number of fused-ring (bicyclic) bond motifs is 4. The lowest BCUT2D eigenvalue weighted by molar-refractivity contribution is 0.148. The Hall–Kier alpha value is -3.46. The molecule has 1 aliphatic heterocycles. The molecule has 0 saturated carbocycles. The number of hydrogen-bond acceptors (Lipinski definition) is 6. The van der Waals surface area contributed by atoms with E-state index in [-0.39, 0.29) is 6.10 Å². The van der Waals surface area contributed by atoms with Crippen molar-refractivity contribution in [2.75, 3.05) is 13.6 Å². The molecule has 166 valence electrons. The lowest BCUT2D eigenvalue weighted by Crippen LogP contribution is -2.31. The van der Waals surface area contributed by atoms with Crippen molar-refractivity contribution in [2.24, 2.45) is 14.1 Å². The average Bonchev–Trinajstić information content (AvgIpc) is 3.35. The second-order valence-electron chi connectivity index (χ2n) is 8.64. The van der Waals surface area contributed by atoms with E-state index in [1.165, 1.54) is 0 Å². The minimum atomic E-state index is -0.0463. The molecule has 4 aromatic rings. The fourth-order valence-corrected chi connectivity index (χ4v) is 4.44. The predicted molar refractivity (Wildman–Crippen MR) is 123 cm³/mol. The van der Waals surface area contributed by atoms with Gasteiger partial charge in [0, 0.05) is 45.1 Å². The normalized spacial score (nSPS) is 18.1. The van der Waals surface area contributed by atoms with Gasteiger partial charge in [0.1, 0.15) is 11.9 Å². The molecule has 0 spiro atoms.